The van der Waals surface area contributed by atoms with Gasteiger partial charge in [0.2, 0.25) is 10.0 Å². The average Bonchev–Trinajstić information content (AvgIpc) is 2.49. The summed E-state index contributed by atoms with van der Waals surface area (Å²) in [7, 11) is -3.43. The first-order chi connectivity index (χ1) is 11.2. The first kappa shape index (κ1) is 18.5. The Morgan fingerprint density at radius 3 is 2.67 bits per heavy atom. The fourth-order valence-electron chi connectivity index (χ4n) is 2.10. The molecule has 0 unspecified atom stereocenters. The van der Waals surface area contributed by atoms with Gasteiger partial charge >= 0.3 is 0 Å². The fraction of sp³-hybridized carbons (Fsp3) is 0.250. The number of sulfonamides is 1. The molecule has 8 heteroatoms. The summed E-state index contributed by atoms with van der Waals surface area (Å²) in [6, 6.07) is 8.71. The van der Waals surface area contributed by atoms with Crippen LogP contribution in [0.5, 0.6) is 11.5 Å². The number of benzene rings is 2. The number of hydrogen-bond acceptors (Lipinski definition) is 4. The maximum absolute atomic E-state index is 14.6. The molecule has 3 N–H and O–H groups in total. The van der Waals surface area contributed by atoms with Gasteiger partial charge in [-0.1, -0.05) is 30.7 Å². The molecule has 2 aromatic carbocycles. The molecular formula is C16H18ClFN2O3S. The van der Waals surface area contributed by atoms with Crippen LogP contribution < -0.4 is 15.2 Å². The van der Waals surface area contributed by atoms with Crippen LogP contribution in [0, 0.1) is 5.82 Å². The molecule has 0 fully saturated rings. The Hall–Kier alpha value is -1.83. The van der Waals surface area contributed by atoms with E-state index in [-0.39, 0.29) is 16.5 Å². The van der Waals surface area contributed by atoms with Crippen LogP contribution in [0.2, 0.25) is 5.02 Å². The molecule has 0 heterocycles. The molecule has 0 aliphatic heterocycles. The summed E-state index contributed by atoms with van der Waals surface area (Å²) in [5.74, 6) is -0.528. The molecule has 5 nitrogen and oxygen atoms in total. The molecule has 0 radical (unpaired) electrons. The van der Waals surface area contributed by atoms with Crippen LogP contribution in [0.25, 0.3) is 0 Å². The topological polar surface area (TPSA) is 81.4 Å². The van der Waals surface area contributed by atoms with Crippen molar-refractivity contribution >= 4 is 27.3 Å². The van der Waals surface area contributed by atoms with Gasteiger partial charge in [-0.25, -0.2) is 12.8 Å². The van der Waals surface area contributed by atoms with E-state index in [0.29, 0.717) is 17.7 Å². The second-order valence-corrected chi connectivity index (χ2v) is 7.45. The largest absolute Gasteiger partial charge is 0.453 e. The number of nitrogens with one attached hydrogen (secondary N) is 1. The van der Waals surface area contributed by atoms with Gasteiger partial charge < -0.3 is 10.5 Å². The molecule has 2 rings (SSSR count). The molecule has 0 bridgehead atoms. The van der Waals surface area contributed by atoms with E-state index in [2.05, 4.69) is 4.72 Å². The number of anilines is 1. The van der Waals surface area contributed by atoms with E-state index >= 15 is 0 Å². The number of nitrogens with two attached hydrogens (primary N) is 1. The van der Waals surface area contributed by atoms with Gasteiger partial charge in [-0.2, -0.15) is 0 Å². The molecule has 0 aliphatic rings. The lowest BCUT2D eigenvalue weighted by molar-refractivity contribution is 0.434. The maximum Gasteiger partial charge on any atom is 0.229 e. The fourth-order valence-corrected chi connectivity index (χ4v) is 2.84. The molecule has 0 saturated heterocycles. The van der Waals surface area contributed by atoms with Crippen molar-refractivity contribution in [2.75, 3.05) is 11.0 Å². The summed E-state index contributed by atoms with van der Waals surface area (Å²) in [4.78, 5) is 0. The van der Waals surface area contributed by atoms with Crippen molar-refractivity contribution in [2.45, 2.75) is 19.4 Å². The van der Waals surface area contributed by atoms with Crippen LogP contribution in [0.4, 0.5) is 10.1 Å². The summed E-state index contributed by atoms with van der Waals surface area (Å²) in [5.41, 5.74) is 6.49. The van der Waals surface area contributed by atoms with Crippen molar-refractivity contribution < 1.29 is 17.5 Å². The molecule has 1 atom stereocenters. The van der Waals surface area contributed by atoms with Crippen molar-refractivity contribution in [1.29, 1.82) is 0 Å². The summed E-state index contributed by atoms with van der Waals surface area (Å²) in [6.45, 7) is 1.85. The van der Waals surface area contributed by atoms with E-state index in [0.717, 1.165) is 6.26 Å². The van der Waals surface area contributed by atoms with Gasteiger partial charge in [-0.05, 0) is 24.6 Å². The van der Waals surface area contributed by atoms with Crippen LogP contribution in [0.3, 0.4) is 0 Å². The highest BCUT2D eigenvalue weighted by Crippen LogP contribution is 2.36. The van der Waals surface area contributed by atoms with Crippen LogP contribution in [0.1, 0.15) is 24.9 Å². The quantitative estimate of drug-likeness (QED) is 0.801. The Morgan fingerprint density at radius 1 is 1.33 bits per heavy atom. The second kappa shape index (κ2) is 7.38. The van der Waals surface area contributed by atoms with Crippen molar-refractivity contribution in [3.8, 4) is 11.5 Å². The predicted octanol–water partition coefficient (Wildman–Crippen LogP) is 4.05. The lowest BCUT2D eigenvalue weighted by Crippen LogP contribution is -2.11. The van der Waals surface area contributed by atoms with E-state index in [4.69, 9.17) is 22.1 Å². The molecule has 0 spiro atoms. The average molecular weight is 373 g/mol. The molecule has 2 aromatic rings. The molecule has 130 valence electrons. The van der Waals surface area contributed by atoms with E-state index < -0.39 is 21.9 Å². The normalized spacial score (nSPS) is 12.7. The van der Waals surface area contributed by atoms with Gasteiger partial charge in [0.25, 0.3) is 0 Å². The van der Waals surface area contributed by atoms with Gasteiger partial charge in [0.15, 0.2) is 11.6 Å². The summed E-state index contributed by atoms with van der Waals surface area (Å²) in [6.07, 6.45) is 1.60. The minimum absolute atomic E-state index is 0.0982. The Labute approximate surface area is 145 Å². The first-order valence-electron chi connectivity index (χ1n) is 7.20. The number of ether oxygens (including phenoxy) is 1. The zero-order valence-electron chi connectivity index (χ0n) is 13.2. The molecule has 0 saturated carbocycles. The van der Waals surface area contributed by atoms with Gasteiger partial charge in [0.1, 0.15) is 5.75 Å². The van der Waals surface area contributed by atoms with E-state index in [9.17, 15) is 12.8 Å². The Morgan fingerprint density at radius 2 is 2.04 bits per heavy atom. The summed E-state index contributed by atoms with van der Waals surface area (Å²) >= 11 is 6.03. The smallest absolute Gasteiger partial charge is 0.229 e. The predicted molar refractivity (Wildman–Crippen MR) is 93.6 cm³/mol. The minimum Gasteiger partial charge on any atom is -0.453 e. The third-order valence-corrected chi connectivity index (χ3v) is 4.18. The van der Waals surface area contributed by atoms with Crippen LogP contribution in [-0.4, -0.2) is 14.7 Å². The zero-order valence-corrected chi connectivity index (χ0v) is 14.8. The maximum atomic E-state index is 14.6. The third kappa shape index (κ3) is 4.59. The molecule has 24 heavy (non-hydrogen) atoms. The number of halogens is 2. The highest BCUT2D eigenvalue weighted by atomic mass is 35.5. The van der Waals surface area contributed by atoms with Crippen molar-refractivity contribution in [2.24, 2.45) is 5.73 Å². The van der Waals surface area contributed by atoms with Gasteiger partial charge in [0.05, 0.1) is 17.0 Å². The second-order valence-electron chi connectivity index (χ2n) is 5.30. The lowest BCUT2D eigenvalue weighted by Gasteiger charge is -2.15. The van der Waals surface area contributed by atoms with Crippen molar-refractivity contribution in [1.82, 2.24) is 0 Å². The lowest BCUT2D eigenvalue weighted by atomic mass is 10.0. The van der Waals surface area contributed by atoms with Gasteiger partial charge in [-0.3, -0.25) is 4.72 Å². The first-order valence-corrected chi connectivity index (χ1v) is 9.47. The number of rotatable bonds is 6. The Kier molecular flexibility index (Phi) is 5.69. The number of hydrogen-bond donors (Lipinski definition) is 2. The SMILES string of the molecule is CC[C@@H](N)c1ccc(Cl)c(Oc2cccc(NS(C)(=O)=O)c2)c1F. The summed E-state index contributed by atoms with van der Waals surface area (Å²) in [5, 5.41) is 0.0982. The van der Waals surface area contributed by atoms with Crippen LogP contribution in [-0.2, 0) is 10.0 Å². The van der Waals surface area contributed by atoms with Gasteiger partial charge in [-0.15, -0.1) is 0 Å². The highest BCUT2D eigenvalue weighted by Gasteiger charge is 2.18. The van der Waals surface area contributed by atoms with E-state index in [1.807, 2.05) is 6.92 Å². The highest BCUT2D eigenvalue weighted by molar-refractivity contribution is 7.92. The molecular weight excluding hydrogens is 355 g/mol. The van der Waals surface area contributed by atoms with Crippen molar-refractivity contribution in [3.63, 3.8) is 0 Å². The van der Waals surface area contributed by atoms with E-state index in [1.165, 1.54) is 18.2 Å². The van der Waals surface area contributed by atoms with Gasteiger partial charge in [0, 0.05) is 17.7 Å². The van der Waals surface area contributed by atoms with Crippen LogP contribution in [0.15, 0.2) is 36.4 Å². The summed E-state index contributed by atoms with van der Waals surface area (Å²) < 4.78 is 45.0. The standard InChI is InChI=1S/C16H18ClFN2O3S/c1-3-14(19)12-7-8-13(17)16(15(12)18)23-11-6-4-5-10(9-11)20-24(2,21)22/h4-9,14,20H,3,19H2,1-2H3/t14-/m1/s1. The molecule has 0 aromatic heterocycles. The third-order valence-electron chi connectivity index (χ3n) is 3.28. The van der Waals surface area contributed by atoms with Crippen molar-refractivity contribution in [3.05, 3.63) is 52.8 Å². The van der Waals surface area contributed by atoms with E-state index in [1.54, 1.807) is 18.2 Å². The molecule has 0 amide bonds. The van der Waals surface area contributed by atoms with Crippen LogP contribution >= 0.6 is 11.6 Å². The Bertz CT molecular complexity index is 843. The molecule has 0 aliphatic carbocycles. The minimum atomic E-state index is -3.43. The zero-order chi connectivity index (χ0) is 17.9. The monoisotopic (exact) mass is 372 g/mol. The Balaban J connectivity index is 2.36.